The number of nitrogens with zero attached hydrogens (tertiary/aromatic N) is 2. The molecule has 1 unspecified atom stereocenters. The molecule has 200 valence electrons. The molecule has 0 spiro atoms. The summed E-state index contributed by atoms with van der Waals surface area (Å²) >= 11 is 3.27. The number of halogens is 6. The lowest BCUT2D eigenvalue weighted by Crippen LogP contribution is -2.35. The molecule has 1 fully saturated rings. The zero-order valence-corrected chi connectivity index (χ0v) is 21.1. The summed E-state index contributed by atoms with van der Waals surface area (Å²) in [5.74, 6) is 2.08. The molecule has 2 aliphatic heterocycles. The molecule has 0 bridgehead atoms. The molecule has 37 heavy (non-hydrogen) atoms. The van der Waals surface area contributed by atoms with Gasteiger partial charge in [-0.05, 0) is 36.2 Å². The Morgan fingerprint density at radius 3 is 2.38 bits per heavy atom. The molecule has 0 saturated carbocycles. The van der Waals surface area contributed by atoms with Crippen molar-refractivity contribution in [3.05, 3.63) is 58.7 Å². The number of hydrogen-bond donors (Lipinski definition) is 0. The summed E-state index contributed by atoms with van der Waals surface area (Å²) in [5.41, 5.74) is -2.51. The van der Waals surface area contributed by atoms with Gasteiger partial charge in [-0.1, -0.05) is 23.9 Å². The predicted octanol–water partition coefficient (Wildman–Crippen LogP) is 5.90. The second kappa shape index (κ2) is 11.1. The van der Waals surface area contributed by atoms with Crippen LogP contribution in [0, 0.1) is 0 Å². The number of aliphatic imine (C=N–C) groups is 1. The lowest BCUT2D eigenvalue weighted by Gasteiger charge is -2.27. The van der Waals surface area contributed by atoms with Crippen molar-refractivity contribution in [2.24, 2.45) is 4.99 Å². The van der Waals surface area contributed by atoms with E-state index in [1.807, 2.05) is 11.8 Å². The van der Waals surface area contributed by atoms with Gasteiger partial charge in [0, 0.05) is 30.2 Å². The Balaban J connectivity index is 1.45. The first-order valence-corrected chi connectivity index (χ1v) is 13.2. The third-order valence-corrected chi connectivity index (χ3v) is 7.94. The topological polar surface area (TPSA) is 51.1 Å². The second-order valence-electron chi connectivity index (χ2n) is 8.28. The van der Waals surface area contributed by atoms with E-state index in [2.05, 4.69) is 9.89 Å². The van der Waals surface area contributed by atoms with Gasteiger partial charge in [-0.25, -0.2) is 0 Å². The van der Waals surface area contributed by atoms with Crippen molar-refractivity contribution in [3.63, 3.8) is 0 Å². The molecule has 2 aromatic carbocycles. The fraction of sp³-hybridized carbons (Fsp3) is 0.417. The Morgan fingerprint density at radius 2 is 1.73 bits per heavy atom. The van der Waals surface area contributed by atoms with Crippen LogP contribution in [0.3, 0.4) is 0 Å². The van der Waals surface area contributed by atoms with Gasteiger partial charge in [0.05, 0.1) is 23.5 Å². The van der Waals surface area contributed by atoms with Crippen LogP contribution in [0.25, 0.3) is 0 Å². The van der Waals surface area contributed by atoms with E-state index in [4.69, 9.17) is 9.47 Å². The zero-order valence-electron chi connectivity index (χ0n) is 19.5. The van der Waals surface area contributed by atoms with Crippen LogP contribution in [0.4, 0.5) is 26.3 Å². The van der Waals surface area contributed by atoms with Crippen LogP contribution in [0.5, 0.6) is 11.5 Å². The summed E-state index contributed by atoms with van der Waals surface area (Å²) in [6.45, 7) is 1.06. The van der Waals surface area contributed by atoms with Crippen molar-refractivity contribution in [1.82, 2.24) is 4.90 Å². The molecule has 4 rings (SSSR count). The lowest BCUT2D eigenvalue weighted by molar-refractivity contribution is -0.143. The minimum absolute atomic E-state index is 0.0777. The van der Waals surface area contributed by atoms with Crippen LogP contribution in [0.2, 0.25) is 0 Å². The Kier molecular flexibility index (Phi) is 8.22. The number of benzene rings is 2. The summed E-state index contributed by atoms with van der Waals surface area (Å²) in [5, 5.41) is 0.321. The van der Waals surface area contributed by atoms with E-state index >= 15 is 0 Å². The molecular formula is C24H22F6N2O3S2. The summed E-state index contributed by atoms with van der Waals surface area (Å²) in [7, 11) is 1.36. The number of hydrogen-bond acceptors (Lipinski definition) is 6. The monoisotopic (exact) mass is 564 g/mol. The fourth-order valence-corrected chi connectivity index (χ4v) is 5.93. The first-order chi connectivity index (χ1) is 17.5. The highest BCUT2D eigenvalue weighted by Gasteiger charge is 2.38. The maximum atomic E-state index is 13.4. The van der Waals surface area contributed by atoms with Crippen molar-refractivity contribution < 1.29 is 40.6 Å². The molecule has 0 radical (unpaired) electrons. The third kappa shape index (κ3) is 6.67. The van der Waals surface area contributed by atoms with Crippen LogP contribution < -0.4 is 9.47 Å². The summed E-state index contributed by atoms with van der Waals surface area (Å²) in [6.07, 6.45) is -9.53. The number of ether oxygens (including phenoxy) is 2. The Labute approximate surface area is 217 Å². The predicted molar refractivity (Wildman–Crippen MR) is 130 cm³/mol. The van der Waals surface area contributed by atoms with E-state index in [0.717, 1.165) is 41.4 Å². The quantitative estimate of drug-likeness (QED) is 0.408. The highest BCUT2D eigenvalue weighted by molar-refractivity contribution is 8.15. The molecule has 5 nitrogen and oxygen atoms in total. The summed E-state index contributed by atoms with van der Waals surface area (Å²) in [4.78, 5) is 18.8. The first kappa shape index (κ1) is 27.5. The minimum Gasteiger partial charge on any atom is -0.493 e. The van der Waals surface area contributed by atoms with Crippen LogP contribution in [-0.4, -0.2) is 52.9 Å². The molecule has 0 N–H and O–H groups in total. The Bertz CT molecular complexity index is 1180. The van der Waals surface area contributed by atoms with E-state index < -0.39 is 40.9 Å². The molecule has 1 saturated heterocycles. The van der Waals surface area contributed by atoms with Crippen molar-refractivity contribution in [2.45, 2.75) is 30.6 Å². The lowest BCUT2D eigenvalue weighted by atomic mass is 10.0. The van der Waals surface area contributed by atoms with Gasteiger partial charge >= 0.3 is 12.4 Å². The van der Waals surface area contributed by atoms with Gasteiger partial charge in [0.25, 0.3) is 5.91 Å². The Morgan fingerprint density at radius 1 is 1.00 bits per heavy atom. The first-order valence-electron chi connectivity index (χ1n) is 11.1. The largest absolute Gasteiger partial charge is 0.493 e. The SMILES string of the molecule is COc1cc(CC2SC(N3CCSCC3)=NC2=O)ccc1OCc1ccc(C(F)(F)F)cc1C(F)(F)F. The van der Waals surface area contributed by atoms with Gasteiger partial charge in [-0.2, -0.15) is 43.1 Å². The van der Waals surface area contributed by atoms with Crippen LogP contribution in [-0.2, 0) is 30.2 Å². The number of thioether (sulfide) groups is 2. The normalized spacial score (nSPS) is 18.7. The summed E-state index contributed by atoms with van der Waals surface area (Å²) in [6, 6.07) is 6.21. The van der Waals surface area contributed by atoms with Gasteiger partial charge in [0.15, 0.2) is 16.7 Å². The number of methoxy groups -OCH3 is 1. The van der Waals surface area contributed by atoms with E-state index in [1.54, 1.807) is 12.1 Å². The smallest absolute Gasteiger partial charge is 0.416 e. The van der Waals surface area contributed by atoms with E-state index in [9.17, 15) is 31.1 Å². The zero-order chi connectivity index (χ0) is 26.8. The van der Waals surface area contributed by atoms with E-state index in [0.29, 0.717) is 12.5 Å². The van der Waals surface area contributed by atoms with Crippen molar-refractivity contribution in [3.8, 4) is 11.5 Å². The molecule has 13 heteroatoms. The molecule has 1 amide bonds. The van der Waals surface area contributed by atoms with Crippen molar-refractivity contribution >= 4 is 34.6 Å². The number of alkyl halides is 6. The second-order valence-corrected chi connectivity index (χ2v) is 10.7. The molecule has 2 aromatic rings. The third-order valence-electron chi connectivity index (χ3n) is 5.79. The number of carbonyl (C=O) groups is 1. The highest BCUT2D eigenvalue weighted by atomic mass is 32.2. The van der Waals surface area contributed by atoms with Gasteiger partial charge in [0.2, 0.25) is 0 Å². The molecule has 1 atom stereocenters. The van der Waals surface area contributed by atoms with Gasteiger partial charge in [0.1, 0.15) is 6.61 Å². The van der Waals surface area contributed by atoms with Crippen LogP contribution in [0.1, 0.15) is 22.3 Å². The standard InChI is InChI=1S/C24H22F6N2O3S2/c1-34-19-10-14(11-20-21(33)31-22(37-20)32-6-8-36-9-7-32)2-5-18(19)35-13-15-3-4-16(23(25,26)27)12-17(15)24(28,29)30/h2-5,10,12,20H,6-9,11,13H2,1H3. The highest BCUT2D eigenvalue weighted by Crippen LogP contribution is 2.38. The number of carbonyl (C=O) groups excluding carboxylic acids is 1. The van der Waals surface area contributed by atoms with Crippen molar-refractivity contribution in [2.75, 3.05) is 31.7 Å². The van der Waals surface area contributed by atoms with E-state index in [-0.39, 0.29) is 23.5 Å². The molecule has 0 aliphatic carbocycles. The van der Waals surface area contributed by atoms with Crippen LogP contribution >= 0.6 is 23.5 Å². The molecule has 0 aromatic heterocycles. The minimum atomic E-state index is -4.99. The average molecular weight is 565 g/mol. The molecule has 2 aliphatic rings. The summed E-state index contributed by atoms with van der Waals surface area (Å²) < 4.78 is 89.8. The fourth-order valence-electron chi connectivity index (χ4n) is 3.87. The Hall–Kier alpha value is -2.54. The van der Waals surface area contributed by atoms with Gasteiger partial charge < -0.3 is 14.4 Å². The number of amides is 1. The van der Waals surface area contributed by atoms with Crippen molar-refractivity contribution in [1.29, 1.82) is 0 Å². The number of amidine groups is 1. The number of rotatable bonds is 6. The molecular weight excluding hydrogens is 542 g/mol. The van der Waals surface area contributed by atoms with Crippen LogP contribution in [0.15, 0.2) is 41.4 Å². The maximum absolute atomic E-state index is 13.4. The van der Waals surface area contributed by atoms with E-state index in [1.165, 1.54) is 24.9 Å². The molecule has 2 heterocycles. The van der Waals surface area contributed by atoms with Gasteiger partial charge in [-0.3, -0.25) is 4.79 Å². The van der Waals surface area contributed by atoms with Gasteiger partial charge in [-0.15, -0.1) is 0 Å². The average Bonchev–Trinajstić information content (AvgIpc) is 3.22. The maximum Gasteiger partial charge on any atom is 0.416 e.